The molecule has 126 valence electrons. The van der Waals surface area contributed by atoms with E-state index in [0.717, 1.165) is 35.1 Å². The number of anilines is 1. The van der Waals surface area contributed by atoms with Crippen LogP contribution in [0, 0.1) is 12.7 Å². The van der Waals surface area contributed by atoms with Gasteiger partial charge in [-0.15, -0.1) is 0 Å². The molecular formula is C19H22FN3O. The lowest BCUT2D eigenvalue weighted by atomic mass is 9.94. The number of halogens is 1. The number of rotatable bonds is 7. The fraction of sp³-hybridized carbons (Fsp3) is 0.263. The van der Waals surface area contributed by atoms with Crippen LogP contribution in [0.3, 0.4) is 0 Å². The number of primary amides is 1. The fourth-order valence-corrected chi connectivity index (χ4v) is 2.44. The van der Waals surface area contributed by atoms with E-state index in [-0.39, 0.29) is 12.4 Å². The van der Waals surface area contributed by atoms with Crippen LogP contribution in [0.15, 0.2) is 42.6 Å². The normalized spacial score (nSPS) is 11.4. The minimum atomic E-state index is -0.439. The smallest absolute Gasteiger partial charge is 0.236 e. The number of nitrogens with one attached hydrogen (secondary N) is 1. The van der Waals surface area contributed by atoms with Crippen molar-refractivity contribution in [1.82, 2.24) is 4.98 Å². The van der Waals surface area contributed by atoms with E-state index >= 15 is 0 Å². The Labute approximate surface area is 141 Å². The van der Waals surface area contributed by atoms with E-state index in [0.29, 0.717) is 5.82 Å². The number of aryl methyl sites for hydroxylation is 1. The molecule has 0 spiro atoms. The van der Waals surface area contributed by atoms with E-state index in [2.05, 4.69) is 23.3 Å². The summed E-state index contributed by atoms with van der Waals surface area (Å²) in [6.07, 6.45) is 5.84. The molecule has 0 saturated carbocycles. The molecule has 0 unspecified atom stereocenters. The van der Waals surface area contributed by atoms with Crippen LogP contribution in [0.25, 0.3) is 5.57 Å². The van der Waals surface area contributed by atoms with Crippen molar-refractivity contribution in [2.75, 3.05) is 11.9 Å². The second kappa shape index (κ2) is 8.24. The first-order valence-corrected chi connectivity index (χ1v) is 7.96. The van der Waals surface area contributed by atoms with E-state index in [9.17, 15) is 9.18 Å². The van der Waals surface area contributed by atoms with Gasteiger partial charge >= 0.3 is 0 Å². The molecule has 0 saturated heterocycles. The Bertz CT molecular complexity index is 739. The summed E-state index contributed by atoms with van der Waals surface area (Å²) in [5.74, 6) is -0.0928. The molecule has 0 aliphatic rings. The van der Waals surface area contributed by atoms with Crippen LogP contribution in [0.5, 0.6) is 0 Å². The zero-order valence-corrected chi connectivity index (χ0v) is 14.0. The first-order valence-electron chi connectivity index (χ1n) is 7.96. The molecule has 0 fully saturated rings. The van der Waals surface area contributed by atoms with Crippen molar-refractivity contribution in [1.29, 1.82) is 0 Å². The number of carbonyl (C=O) groups excluding carboxylic acids is 1. The topological polar surface area (TPSA) is 68.0 Å². The highest BCUT2D eigenvalue weighted by molar-refractivity contribution is 5.81. The number of amides is 1. The largest absolute Gasteiger partial charge is 0.368 e. The molecule has 0 atom stereocenters. The Morgan fingerprint density at radius 2 is 2.12 bits per heavy atom. The lowest BCUT2D eigenvalue weighted by Gasteiger charge is -2.12. The quantitative estimate of drug-likeness (QED) is 0.815. The van der Waals surface area contributed by atoms with Crippen molar-refractivity contribution in [2.24, 2.45) is 5.73 Å². The third-order valence-electron chi connectivity index (χ3n) is 3.63. The summed E-state index contributed by atoms with van der Waals surface area (Å²) >= 11 is 0. The van der Waals surface area contributed by atoms with E-state index in [1.54, 1.807) is 18.3 Å². The van der Waals surface area contributed by atoms with Gasteiger partial charge in [0, 0.05) is 11.8 Å². The van der Waals surface area contributed by atoms with E-state index in [4.69, 9.17) is 5.73 Å². The summed E-state index contributed by atoms with van der Waals surface area (Å²) in [5.41, 5.74) is 8.96. The summed E-state index contributed by atoms with van der Waals surface area (Å²) in [7, 11) is 0. The van der Waals surface area contributed by atoms with Crippen LogP contribution in [0.4, 0.5) is 10.2 Å². The van der Waals surface area contributed by atoms with Gasteiger partial charge in [0.15, 0.2) is 0 Å². The Morgan fingerprint density at radius 3 is 2.71 bits per heavy atom. The molecule has 24 heavy (non-hydrogen) atoms. The Morgan fingerprint density at radius 1 is 1.33 bits per heavy atom. The number of pyridine rings is 1. The molecule has 1 aromatic carbocycles. The van der Waals surface area contributed by atoms with Crippen molar-refractivity contribution in [2.45, 2.75) is 26.7 Å². The van der Waals surface area contributed by atoms with Crippen LogP contribution in [0.1, 0.15) is 36.5 Å². The zero-order chi connectivity index (χ0) is 17.5. The summed E-state index contributed by atoms with van der Waals surface area (Å²) in [6, 6.07) is 8.53. The molecular weight excluding hydrogens is 305 g/mol. The number of benzene rings is 1. The van der Waals surface area contributed by atoms with Gasteiger partial charge in [0.1, 0.15) is 11.6 Å². The highest BCUT2D eigenvalue weighted by atomic mass is 19.1. The third kappa shape index (κ3) is 4.65. The molecule has 2 aromatic rings. The lowest BCUT2D eigenvalue weighted by Crippen LogP contribution is -2.22. The van der Waals surface area contributed by atoms with Gasteiger partial charge in [-0.05, 0) is 54.3 Å². The molecule has 0 aliphatic heterocycles. The van der Waals surface area contributed by atoms with E-state index < -0.39 is 5.91 Å². The van der Waals surface area contributed by atoms with Gasteiger partial charge in [-0.2, -0.15) is 0 Å². The number of unbranched alkanes of at least 4 members (excludes halogenated alkanes) is 1. The molecule has 4 nitrogen and oxygen atoms in total. The molecule has 1 amide bonds. The van der Waals surface area contributed by atoms with Gasteiger partial charge in [0.2, 0.25) is 5.91 Å². The Balaban J connectivity index is 2.33. The van der Waals surface area contributed by atoms with Crippen LogP contribution < -0.4 is 11.1 Å². The maximum atomic E-state index is 13.4. The van der Waals surface area contributed by atoms with Gasteiger partial charge in [-0.1, -0.05) is 25.5 Å². The van der Waals surface area contributed by atoms with E-state index in [1.165, 1.54) is 12.1 Å². The first kappa shape index (κ1) is 17.7. The van der Waals surface area contributed by atoms with Crippen LogP contribution in [0.2, 0.25) is 0 Å². The molecule has 0 bridgehead atoms. The summed E-state index contributed by atoms with van der Waals surface area (Å²) in [5, 5.41) is 2.86. The second-order valence-electron chi connectivity index (χ2n) is 5.62. The predicted octanol–water partition coefficient (Wildman–Crippen LogP) is 3.66. The fourth-order valence-electron chi connectivity index (χ4n) is 2.44. The molecule has 2 rings (SSSR count). The number of nitrogens with zero attached hydrogens (tertiary/aromatic N) is 1. The minimum Gasteiger partial charge on any atom is -0.368 e. The molecule has 3 N–H and O–H groups in total. The highest BCUT2D eigenvalue weighted by Gasteiger charge is 2.09. The Hall–Kier alpha value is -2.69. The summed E-state index contributed by atoms with van der Waals surface area (Å²) < 4.78 is 13.4. The summed E-state index contributed by atoms with van der Waals surface area (Å²) in [4.78, 5) is 15.1. The number of nitrogens with two attached hydrogens (primary N) is 1. The third-order valence-corrected chi connectivity index (χ3v) is 3.63. The van der Waals surface area contributed by atoms with Gasteiger partial charge in [-0.25, -0.2) is 9.37 Å². The lowest BCUT2D eigenvalue weighted by molar-refractivity contribution is -0.116. The molecule has 5 heteroatoms. The SMILES string of the molecule is CCCC=C(c1ccc(NCC(N)=O)nc1)c1ccc(F)cc1C. The van der Waals surface area contributed by atoms with Crippen LogP contribution in [-0.4, -0.2) is 17.4 Å². The highest BCUT2D eigenvalue weighted by Crippen LogP contribution is 2.27. The second-order valence-corrected chi connectivity index (χ2v) is 5.62. The number of hydrogen-bond acceptors (Lipinski definition) is 3. The van der Waals surface area contributed by atoms with Gasteiger partial charge in [-0.3, -0.25) is 4.79 Å². The number of carbonyl (C=O) groups is 1. The number of allylic oxidation sites excluding steroid dienone is 1. The zero-order valence-electron chi connectivity index (χ0n) is 14.0. The average Bonchev–Trinajstić information content (AvgIpc) is 2.55. The van der Waals surface area contributed by atoms with Gasteiger partial charge < -0.3 is 11.1 Å². The first-order chi connectivity index (χ1) is 11.5. The van der Waals surface area contributed by atoms with Crippen molar-refractivity contribution >= 4 is 17.3 Å². The molecule has 0 aliphatic carbocycles. The average molecular weight is 327 g/mol. The Kier molecular flexibility index (Phi) is 6.07. The minimum absolute atomic E-state index is 0.0436. The van der Waals surface area contributed by atoms with Crippen molar-refractivity contribution in [3.05, 3.63) is 65.1 Å². The maximum absolute atomic E-state index is 13.4. The standard InChI is InChI=1S/C19H22FN3O/c1-3-4-5-17(16-8-7-15(20)10-13(16)2)14-6-9-19(22-11-14)23-12-18(21)24/h5-11H,3-4,12H2,1-2H3,(H2,21,24)(H,22,23). The van der Waals surface area contributed by atoms with Crippen LogP contribution in [-0.2, 0) is 4.79 Å². The van der Waals surface area contributed by atoms with E-state index in [1.807, 2.05) is 13.0 Å². The monoisotopic (exact) mass is 327 g/mol. The van der Waals surface area contributed by atoms with Crippen molar-refractivity contribution in [3.8, 4) is 0 Å². The summed E-state index contributed by atoms with van der Waals surface area (Å²) in [6.45, 7) is 4.05. The molecule has 0 radical (unpaired) electrons. The van der Waals surface area contributed by atoms with Crippen molar-refractivity contribution < 1.29 is 9.18 Å². The van der Waals surface area contributed by atoms with Crippen LogP contribution >= 0.6 is 0 Å². The predicted molar refractivity (Wildman–Crippen MR) is 95.0 cm³/mol. The maximum Gasteiger partial charge on any atom is 0.236 e. The molecule has 1 aromatic heterocycles. The van der Waals surface area contributed by atoms with Gasteiger partial charge in [0.05, 0.1) is 6.54 Å². The number of hydrogen-bond donors (Lipinski definition) is 2. The van der Waals surface area contributed by atoms with Crippen molar-refractivity contribution in [3.63, 3.8) is 0 Å². The number of aromatic nitrogens is 1. The van der Waals surface area contributed by atoms with Gasteiger partial charge in [0.25, 0.3) is 0 Å². The molecule has 1 heterocycles.